The lowest BCUT2D eigenvalue weighted by Gasteiger charge is -2.08. The molecule has 0 radical (unpaired) electrons. The summed E-state index contributed by atoms with van der Waals surface area (Å²) in [6.45, 7) is 2.49. The molecule has 0 aliphatic rings. The Kier molecular flexibility index (Phi) is 3.79. The third kappa shape index (κ3) is 3.30. The van der Waals surface area contributed by atoms with Crippen LogP contribution in [0.4, 0.5) is 10.1 Å². The molecular formula is C14H13BrFN. The molecule has 0 saturated carbocycles. The molecule has 0 atom stereocenters. The molecule has 2 aromatic rings. The van der Waals surface area contributed by atoms with Gasteiger partial charge in [-0.2, -0.15) is 0 Å². The fourth-order valence-electron chi connectivity index (χ4n) is 1.56. The monoisotopic (exact) mass is 293 g/mol. The number of hydrogen-bond donors (Lipinski definition) is 1. The molecule has 1 N–H and O–H groups in total. The third-order valence-electron chi connectivity index (χ3n) is 2.52. The average Bonchev–Trinajstić information content (AvgIpc) is 2.30. The van der Waals surface area contributed by atoms with E-state index in [-0.39, 0.29) is 5.82 Å². The number of nitrogens with one attached hydrogen (secondary N) is 1. The van der Waals surface area contributed by atoms with Crippen LogP contribution in [-0.4, -0.2) is 0 Å². The Labute approximate surface area is 109 Å². The Hall–Kier alpha value is -1.35. The number of halogens is 2. The molecule has 0 amide bonds. The fraction of sp³-hybridized carbons (Fsp3) is 0.143. The Balaban J connectivity index is 2.04. The molecule has 0 spiro atoms. The van der Waals surface area contributed by atoms with Crippen molar-refractivity contribution in [3.63, 3.8) is 0 Å². The van der Waals surface area contributed by atoms with Gasteiger partial charge in [-0.25, -0.2) is 4.39 Å². The molecule has 0 aliphatic carbocycles. The molecule has 0 bridgehead atoms. The highest BCUT2D eigenvalue weighted by Crippen LogP contribution is 2.17. The zero-order valence-electron chi connectivity index (χ0n) is 9.50. The van der Waals surface area contributed by atoms with Gasteiger partial charge < -0.3 is 5.32 Å². The van der Waals surface area contributed by atoms with Crippen molar-refractivity contribution < 1.29 is 4.39 Å². The standard InChI is InChI=1S/C14H13BrFN/c1-10-2-7-14(13(16)8-10)17-9-11-3-5-12(15)6-4-11/h2-8,17H,9H2,1H3. The molecule has 0 fully saturated rings. The molecule has 3 heteroatoms. The quantitative estimate of drug-likeness (QED) is 0.878. The first-order valence-electron chi connectivity index (χ1n) is 5.39. The van der Waals surface area contributed by atoms with Gasteiger partial charge in [0, 0.05) is 11.0 Å². The topological polar surface area (TPSA) is 12.0 Å². The van der Waals surface area contributed by atoms with Crippen molar-refractivity contribution in [3.05, 3.63) is 63.9 Å². The summed E-state index contributed by atoms with van der Waals surface area (Å²) in [5.74, 6) is -0.206. The second kappa shape index (κ2) is 5.32. The van der Waals surface area contributed by atoms with Crippen LogP contribution in [0.15, 0.2) is 46.9 Å². The predicted molar refractivity (Wildman–Crippen MR) is 72.6 cm³/mol. The molecule has 17 heavy (non-hydrogen) atoms. The molecule has 2 rings (SSSR count). The van der Waals surface area contributed by atoms with Gasteiger partial charge in [0.1, 0.15) is 5.82 Å². The lowest BCUT2D eigenvalue weighted by molar-refractivity contribution is 0.629. The van der Waals surface area contributed by atoms with Crippen LogP contribution in [0, 0.1) is 12.7 Å². The largest absolute Gasteiger partial charge is 0.379 e. The van der Waals surface area contributed by atoms with Gasteiger partial charge in [0.2, 0.25) is 0 Å². The first-order chi connectivity index (χ1) is 8.15. The van der Waals surface area contributed by atoms with Gasteiger partial charge in [0.15, 0.2) is 0 Å². The minimum Gasteiger partial charge on any atom is -0.379 e. The lowest BCUT2D eigenvalue weighted by atomic mass is 10.2. The number of aryl methyl sites for hydroxylation is 1. The first kappa shape index (κ1) is 12.1. The summed E-state index contributed by atoms with van der Waals surface area (Å²) in [5.41, 5.74) is 2.59. The Morgan fingerprint density at radius 1 is 1.12 bits per heavy atom. The molecule has 0 aliphatic heterocycles. The summed E-state index contributed by atoms with van der Waals surface area (Å²) in [4.78, 5) is 0. The van der Waals surface area contributed by atoms with Gasteiger partial charge in [-0.1, -0.05) is 34.1 Å². The van der Waals surface area contributed by atoms with Crippen LogP contribution in [0.1, 0.15) is 11.1 Å². The third-order valence-corrected chi connectivity index (χ3v) is 3.05. The Bertz CT molecular complexity index is 508. The second-order valence-electron chi connectivity index (χ2n) is 3.96. The second-order valence-corrected chi connectivity index (χ2v) is 4.88. The lowest BCUT2D eigenvalue weighted by Crippen LogP contribution is -2.01. The molecule has 0 unspecified atom stereocenters. The van der Waals surface area contributed by atoms with Crippen molar-refractivity contribution in [1.82, 2.24) is 0 Å². The molecule has 0 heterocycles. The van der Waals surface area contributed by atoms with Gasteiger partial charge in [0.25, 0.3) is 0 Å². The average molecular weight is 294 g/mol. The zero-order chi connectivity index (χ0) is 12.3. The van der Waals surface area contributed by atoms with Gasteiger partial charge >= 0.3 is 0 Å². The van der Waals surface area contributed by atoms with E-state index in [1.54, 1.807) is 6.07 Å². The number of benzene rings is 2. The van der Waals surface area contributed by atoms with Gasteiger partial charge in [-0.05, 0) is 42.3 Å². The van der Waals surface area contributed by atoms with E-state index in [1.165, 1.54) is 6.07 Å². The zero-order valence-corrected chi connectivity index (χ0v) is 11.1. The first-order valence-corrected chi connectivity index (χ1v) is 6.19. The SMILES string of the molecule is Cc1ccc(NCc2ccc(Br)cc2)c(F)c1. The van der Waals surface area contributed by atoms with Crippen molar-refractivity contribution >= 4 is 21.6 Å². The maximum atomic E-state index is 13.5. The number of hydrogen-bond acceptors (Lipinski definition) is 1. The summed E-state index contributed by atoms with van der Waals surface area (Å²) in [6.07, 6.45) is 0. The highest BCUT2D eigenvalue weighted by atomic mass is 79.9. The van der Waals surface area contributed by atoms with Crippen LogP contribution < -0.4 is 5.32 Å². The molecule has 1 nitrogen and oxygen atoms in total. The predicted octanol–water partition coefficient (Wildman–Crippen LogP) is 4.51. The van der Waals surface area contributed by atoms with Gasteiger partial charge in [-0.3, -0.25) is 0 Å². The maximum absolute atomic E-state index is 13.5. The highest BCUT2D eigenvalue weighted by molar-refractivity contribution is 9.10. The molecule has 0 saturated heterocycles. The van der Waals surface area contributed by atoms with E-state index in [0.717, 1.165) is 15.6 Å². The molecule has 2 aromatic carbocycles. The van der Waals surface area contributed by atoms with Crippen molar-refractivity contribution in [2.75, 3.05) is 5.32 Å². The smallest absolute Gasteiger partial charge is 0.146 e. The highest BCUT2D eigenvalue weighted by Gasteiger charge is 2.01. The fourth-order valence-corrected chi connectivity index (χ4v) is 1.83. The van der Waals surface area contributed by atoms with Crippen LogP contribution in [0.5, 0.6) is 0 Å². The van der Waals surface area contributed by atoms with Crippen LogP contribution in [0.25, 0.3) is 0 Å². The van der Waals surface area contributed by atoms with E-state index in [9.17, 15) is 4.39 Å². The number of rotatable bonds is 3. The maximum Gasteiger partial charge on any atom is 0.146 e. The molecule has 88 valence electrons. The van der Waals surface area contributed by atoms with Gasteiger partial charge in [-0.15, -0.1) is 0 Å². The van der Waals surface area contributed by atoms with Crippen LogP contribution in [-0.2, 0) is 6.54 Å². The van der Waals surface area contributed by atoms with E-state index >= 15 is 0 Å². The van der Waals surface area contributed by atoms with Crippen molar-refractivity contribution in [1.29, 1.82) is 0 Å². The van der Waals surface area contributed by atoms with Crippen LogP contribution in [0.2, 0.25) is 0 Å². The van der Waals surface area contributed by atoms with Crippen molar-refractivity contribution in [2.24, 2.45) is 0 Å². The normalized spacial score (nSPS) is 10.3. The van der Waals surface area contributed by atoms with Crippen molar-refractivity contribution in [2.45, 2.75) is 13.5 Å². The summed E-state index contributed by atoms with van der Waals surface area (Å²) in [5, 5.41) is 3.09. The summed E-state index contributed by atoms with van der Waals surface area (Å²) in [6, 6.07) is 13.2. The minimum absolute atomic E-state index is 0.206. The summed E-state index contributed by atoms with van der Waals surface area (Å²) in [7, 11) is 0. The molecular weight excluding hydrogens is 281 g/mol. The summed E-state index contributed by atoms with van der Waals surface area (Å²) < 4.78 is 14.6. The Morgan fingerprint density at radius 2 is 1.82 bits per heavy atom. The van der Waals surface area contributed by atoms with Crippen LogP contribution in [0.3, 0.4) is 0 Å². The van der Waals surface area contributed by atoms with E-state index in [2.05, 4.69) is 21.2 Å². The Morgan fingerprint density at radius 3 is 2.47 bits per heavy atom. The van der Waals surface area contributed by atoms with E-state index in [1.807, 2.05) is 37.3 Å². The molecule has 0 aromatic heterocycles. The van der Waals surface area contributed by atoms with Crippen LogP contribution >= 0.6 is 15.9 Å². The minimum atomic E-state index is -0.206. The van der Waals surface area contributed by atoms with E-state index in [0.29, 0.717) is 12.2 Å². The number of anilines is 1. The van der Waals surface area contributed by atoms with Crippen molar-refractivity contribution in [3.8, 4) is 0 Å². The van der Waals surface area contributed by atoms with E-state index < -0.39 is 0 Å². The van der Waals surface area contributed by atoms with Gasteiger partial charge in [0.05, 0.1) is 5.69 Å². The summed E-state index contributed by atoms with van der Waals surface area (Å²) >= 11 is 3.38. The van der Waals surface area contributed by atoms with E-state index in [4.69, 9.17) is 0 Å².